The van der Waals surface area contributed by atoms with Crippen LogP contribution in [0.1, 0.15) is 26.2 Å². The lowest BCUT2D eigenvalue weighted by Gasteiger charge is -2.28. The first-order valence-electron chi connectivity index (χ1n) is 5.30. The Bertz CT molecular complexity index is 296. The highest BCUT2D eigenvalue weighted by atomic mass is 19.4. The molecule has 2 atom stereocenters. The van der Waals surface area contributed by atoms with Crippen molar-refractivity contribution in [1.82, 2.24) is 0 Å². The molecule has 0 bridgehead atoms. The van der Waals surface area contributed by atoms with Crippen LogP contribution in [0.2, 0.25) is 0 Å². The standard InChI is InChI=1S/C12H15F3O/c1-2-3-9-16-11(12(13,14)15)10-7-5-4-6-8-10/h5,7,10-11H,4,6,8-9H2,1H3. The second-order valence-corrected chi connectivity index (χ2v) is 3.72. The van der Waals surface area contributed by atoms with Crippen LogP contribution in [0.25, 0.3) is 0 Å². The molecule has 0 radical (unpaired) electrons. The summed E-state index contributed by atoms with van der Waals surface area (Å²) >= 11 is 0. The van der Waals surface area contributed by atoms with Gasteiger partial charge in [-0.3, -0.25) is 0 Å². The van der Waals surface area contributed by atoms with E-state index >= 15 is 0 Å². The normalized spacial score (nSPS) is 22.4. The number of rotatable bonds is 3. The molecule has 0 aromatic heterocycles. The van der Waals surface area contributed by atoms with Gasteiger partial charge in [-0.15, -0.1) is 5.92 Å². The van der Waals surface area contributed by atoms with Crippen LogP contribution in [0.15, 0.2) is 12.2 Å². The number of alkyl halides is 3. The lowest BCUT2D eigenvalue weighted by atomic mass is 9.90. The monoisotopic (exact) mass is 232 g/mol. The van der Waals surface area contributed by atoms with Crippen LogP contribution in [-0.2, 0) is 4.74 Å². The highest BCUT2D eigenvalue weighted by molar-refractivity contribution is 5.00. The van der Waals surface area contributed by atoms with Crippen molar-refractivity contribution >= 4 is 0 Å². The Hall–Kier alpha value is -0.950. The van der Waals surface area contributed by atoms with E-state index < -0.39 is 18.2 Å². The van der Waals surface area contributed by atoms with Crippen LogP contribution < -0.4 is 0 Å². The Morgan fingerprint density at radius 3 is 2.75 bits per heavy atom. The van der Waals surface area contributed by atoms with E-state index in [1.54, 1.807) is 19.1 Å². The Morgan fingerprint density at radius 1 is 1.50 bits per heavy atom. The minimum absolute atomic E-state index is 0.162. The first-order valence-corrected chi connectivity index (χ1v) is 5.30. The van der Waals surface area contributed by atoms with Crippen LogP contribution in [-0.4, -0.2) is 18.9 Å². The number of ether oxygens (including phenoxy) is 1. The van der Waals surface area contributed by atoms with Crippen molar-refractivity contribution in [3.8, 4) is 11.8 Å². The Balaban J connectivity index is 2.65. The van der Waals surface area contributed by atoms with Crippen LogP contribution in [0.3, 0.4) is 0 Å². The second-order valence-electron chi connectivity index (χ2n) is 3.72. The maximum Gasteiger partial charge on any atom is 0.415 e. The molecule has 1 rings (SSSR count). The third kappa shape index (κ3) is 3.90. The quantitative estimate of drug-likeness (QED) is 0.536. The molecule has 4 heteroatoms. The van der Waals surface area contributed by atoms with Gasteiger partial charge in [-0.05, 0) is 26.2 Å². The van der Waals surface area contributed by atoms with Gasteiger partial charge >= 0.3 is 6.18 Å². The van der Waals surface area contributed by atoms with Crippen LogP contribution in [0.4, 0.5) is 13.2 Å². The van der Waals surface area contributed by atoms with E-state index in [1.165, 1.54) is 0 Å². The summed E-state index contributed by atoms with van der Waals surface area (Å²) in [6.45, 7) is 1.41. The molecule has 1 aliphatic rings. The molecule has 0 aromatic carbocycles. The summed E-state index contributed by atoms with van der Waals surface area (Å²) in [5.41, 5.74) is 0. The topological polar surface area (TPSA) is 9.23 Å². The van der Waals surface area contributed by atoms with Crippen molar-refractivity contribution in [1.29, 1.82) is 0 Å². The lowest BCUT2D eigenvalue weighted by molar-refractivity contribution is -0.228. The number of halogens is 3. The van der Waals surface area contributed by atoms with Crippen molar-refractivity contribution < 1.29 is 17.9 Å². The molecule has 0 spiro atoms. The van der Waals surface area contributed by atoms with E-state index in [9.17, 15) is 13.2 Å². The molecule has 0 saturated heterocycles. The molecule has 1 aliphatic carbocycles. The number of hydrogen-bond donors (Lipinski definition) is 0. The number of hydrogen-bond acceptors (Lipinski definition) is 1. The molecule has 16 heavy (non-hydrogen) atoms. The minimum atomic E-state index is -4.32. The summed E-state index contributed by atoms with van der Waals surface area (Å²) in [6, 6.07) is 0. The van der Waals surface area contributed by atoms with E-state index in [0.717, 1.165) is 12.8 Å². The molecular weight excluding hydrogens is 217 g/mol. The van der Waals surface area contributed by atoms with E-state index in [0.29, 0.717) is 6.42 Å². The summed E-state index contributed by atoms with van der Waals surface area (Å²) in [6.07, 6.45) is -0.457. The fourth-order valence-electron chi connectivity index (χ4n) is 1.76. The molecule has 0 aliphatic heterocycles. The summed E-state index contributed by atoms with van der Waals surface area (Å²) in [4.78, 5) is 0. The molecule has 0 fully saturated rings. The number of allylic oxidation sites excluding steroid dienone is 1. The Labute approximate surface area is 93.7 Å². The second kappa shape index (κ2) is 5.95. The van der Waals surface area contributed by atoms with Gasteiger partial charge in [0.05, 0.1) is 0 Å². The molecule has 0 amide bonds. The maximum absolute atomic E-state index is 12.7. The van der Waals surface area contributed by atoms with Crippen LogP contribution in [0, 0.1) is 17.8 Å². The summed E-state index contributed by atoms with van der Waals surface area (Å²) in [7, 11) is 0. The van der Waals surface area contributed by atoms with Crippen molar-refractivity contribution in [2.75, 3.05) is 6.61 Å². The molecule has 0 saturated carbocycles. The summed E-state index contributed by atoms with van der Waals surface area (Å²) < 4.78 is 43.0. The average Bonchev–Trinajstić information content (AvgIpc) is 2.24. The van der Waals surface area contributed by atoms with Crippen molar-refractivity contribution in [3.63, 3.8) is 0 Å². The third-order valence-corrected chi connectivity index (χ3v) is 2.51. The molecular formula is C12H15F3O. The zero-order chi connectivity index (χ0) is 12.0. The SMILES string of the molecule is CC#CCOC(C1C=CCCC1)C(F)(F)F. The van der Waals surface area contributed by atoms with E-state index in [4.69, 9.17) is 4.74 Å². The van der Waals surface area contributed by atoms with Gasteiger partial charge in [0.1, 0.15) is 6.61 Å². The molecule has 0 N–H and O–H groups in total. The summed E-state index contributed by atoms with van der Waals surface area (Å²) in [5.74, 6) is 4.45. The highest BCUT2D eigenvalue weighted by Crippen LogP contribution is 2.33. The van der Waals surface area contributed by atoms with Gasteiger partial charge in [-0.2, -0.15) is 13.2 Å². The molecule has 2 unspecified atom stereocenters. The maximum atomic E-state index is 12.7. The van der Waals surface area contributed by atoms with Crippen LogP contribution in [0.5, 0.6) is 0 Å². The zero-order valence-corrected chi connectivity index (χ0v) is 9.18. The fourth-order valence-corrected chi connectivity index (χ4v) is 1.76. The van der Waals surface area contributed by atoms with Gasteiger partial charge in [-0.25, -0.2) is 0 Å². The van der Waals surface area contributed by atoms with Gasteiger partial charge in [0, 0.05) is 5.92 Å². The largest absolute Gasteiger partial charge is 0.415 e. The van der Waals surface area contributed by atoms with E-state index in [1.807, 2.05) is 0 Å². The zero-order valence-electron chi connectivity index (χ0n) is 9.18. The van der Waals surface area contributed by atoms with Gasteiger partial charge in [0.2, 0.25) is 0 Å². The van der Waals surface area contributed by atoms with Crippen molar-refractivity contribution in [2.24, 2.45) is 5.92 Å². The Morgan fingerprint density at radius 2 is 2.25 bits per heavy atom. The predicted octanol–water partition coefficient (Wildman–Crippen LogP) is 3.31. The molecule has 1 nitrogen and oxygen atoms in total. The Kier molecular flexibility index (Phi) is 4.88. The first kappa shape index (κ1) is 13.1. The smallest absolute Gasteiger partial charge is 0.355 e. The highest BCUT2D eigenvalue weighted by Gasteiger charge is 2.44. The van der Waals surface area contributed by atoms with Crippen molar-refractivity contribution in [3.05, 3.63) is 12.2 Å². The van der Waals surface area contributed by atoms with Gasteiger partial charge in [0.15, 0.2) is 6.10 Å². The summed E-state index contributed by atoms with van der Waals surface area (Å²) in [5, 5.41) is 0. The first-order chi connectivity index (χ1) is 7.55. The fraction of sp³-hybridized carbons (Fsp3) is 0.667. The third-order valence-electron chi connectivity index (χ3n) is 2.51. The van der Waals surface area contributed by atoms with Gasteiger partial charge in [-0.1, -0.05) is 18.1 Å². The predicted molar refractivity (Wildman–Crippen MR) is 55.7 cm³/mol. The average molecular weight is 232 g/mol. The van der Waals surface area contributed by atoms with Gasteiger partial charge < -0.3 is 4.74 Å². The molecule has 90 valence electrons. The molecule has 0 aromatic rings. The van der Waals surface area contributed by atoms with Gasteiger partial charge in [0.25, 0.3) is 0 Å². The van der Waals surface area contributed by atoms with E-state index in [2.05, 4.69) is 11.8 Å². The lowest BCUT2D eigenvalue weighted by Crippen LogP contribution is -2.38. The van der Waals surface area contributed by atoms with Crippen LogP contribution >= 0.6 is 0 Å². The minimum Gasteiger partial charge on any atom is -0.355 e. The van der Waals surface area contributed by atoms with E-state index in [-0.39, 0.29) is 6.61 Å². The molecule has 0 heterocycles. The van der Waals surface area contributed by atoms with Crippen molar-refractivity contribution in [2.45, 2.75) is 38.5 Å².